The maximum atomic E-state index is 5.45. The van der Waals surface area contributed by atoms with E-state index in [4.69, 9.17) is 9.47 Å². The fraction of sp³-hybridized carbons (Fsp3) is 0.118. The van der Waals surface area contributed by atoms with Crippen molar-refractivity contribution in [3.8, 4) is 34.0 Å². The van der Waals surface area contributed by atoms with Crippen molar-refractivity contribution in [1.29, 1.82) is 0 Å². The van der Waals surface area contributed by atoms with Crippen LogP contribution in [-0.4, -0.2) is 21.7 Å². The van der Waals surface area contributed by atoms with Crippen LogP contribution in [0.2, 0.25) is 0 Å². The van der Waals surface area contributed by atoms with Crippen molar-refractivity contribution in [2.24, 2.45) is 0 Å². The van der Waals surface area contributed by atoms with Gasteiger partial charge in [0.2, 0.25) is 6.79 Å². The van der Waals surface area contributed by atoms with Gasteiger partial charge in [0, 0.05) is 29.7 Å². The van der Waals surface area contributed by atoms with Crippen LogP contribution in [-0.2, 0) is 0 Å². The van der Waals surface area contributed by atoms with Crippen molar-refractivity contribution < 1.29 is 9.47 Å². The summed E-state index contributed by atoms with van der Waals surface area (Å²) in [6.07, 6.45) is 5.27. The number of benzene rings is 1. The number of ether oxygens (including phenoxy) is 2. The minimum Gasteiger partial charge on any atom is -0.454 e. The molecule has 5 heteroatoms. The molecule has 5 nitrogen and oxygen atoms in total. The van der Waals surface area contributed by atoms with E-state index >= 15 is 0 Å². The van der Waals surface area contributed by atoms with Crippen LogP contribution in [0.25, 0.3) is 22.5 Å². The van der Waals surface area contributed by atoms with Gasteiger partial charge in [0.25, 0.3) is 0 Å². The van der Waals surface area contributed by atoms with Gasteiger partial charge in [0.1, 0.15) is 0 Å². The minimum absolute atomic E-state index is 0.259. The normalized spacial score (nSPS) is 12.4. The van der Waals surface area contributed by atoms with Crippen molar-refractivity contribution in [2.45, 2.75) is 6.92 Å². The average Bonchev–Trinajstić information content (AvgIpc) is 3.03. The first kappa shape index (κ1) is 12.8. The topological polar surface area (TPSA) is 57.1 Å². The summed E-state index contributed by atoms with van der Waals surface area (Å²) in [5.41, 5.74) is 4.45. The van der Waals surface area contributed by atoms with Gasteiger partial charge in [-0.05, 0) is 37.3 Å². The molecular formula is C17H13N3O2. The summed E-state index contributed by atoms with van der Waals surface area (Å²) >= 11 is 0. The van der Waals surface area contributed by atoms with Crippen LogP contribution >= 0.6 is 0 Å². The molecule has 1 aliphatic heterocycles. The third-order valence-corrected chi connectivity index (χ3v) is 3.49. The molecule has 0 atom stereocenters. The largest absolute Gasteiger partial charge is 0.454 e. The fourth-order valence-electron chi connectivity index (χ4n) is 2.44. The highest BCUT2D eigenvalue weighted by molar-refractivity contribution is 5.78. The Balaban J connectivity index is 1.89. The lowest BCUT2D eigenvalue weighted by Crippen LogP contribution is -1.95. The van der Waals surface area contributed by atoms with Crippen LogP contribution in [0.1, 0.15) is 5.69 Å². The molecule has 2 aromatic heterocycles. The van der Waals surface area contributed by atoms with Crippen molar-refractivity contribution in [3.63, 3.8) is 0 Å². The van der Waals surface area contributed by atoms with Gasteiger partial charge in [-0.3, -0.25) is 9.97 Å². The van der Waals surface area contributed by atoms with Crippen molar-refractivity contribution in [2.75, 3.05) is 6.79 Å². The predicted molar refractivity (Wildman–Crippen MR) is 81.6 cm³/mol. The summed E-state index contributed by atoms with van der Waals surface area (Å²) in [4.78, 5) is 13.3. The Bertz CT molecular complexity index is 835. The monoisotopic (exact) mass is 291 g/mol. The minimum atomic E-state index is 0.259. The SMILES string of the molecule is Cc1cnc(-c2ccc3c(c2)OCO3)c(-c2ccncc2)n1. The molecule has 22 heavy (non-hydrogen) atoms. The van der Waals surface area contributed by atoms with Gasteiger partial charge in [0.15, 0.2) is 11.5 Å². The molecule has 0 N–H and O–H groups in total. The summed E-state index contributed by atoms with van der Waals surface area (Å²) in [5, 5.41) is 0. The van der Waals surface area contributed by atoms with Crippen LogP contribution in [0.15, 0.2) is 48.9 Å². The number of nitrogens with zero attached hydrogens (tertiary/aromatic N) is 3. The third kappa shape index (κ3) is 2.16. The Morgan fingerprint density at radius 3 is 2.59 bits per heavy atom. The van der Waals surface area contributed by atoms with E-state index in [1.165, 1.54) is 0 Å². The second kappa shape index (κ2) is 5.11. The standard InChI is InChI=1S/C17H13N3O2/c1-11-9-19-16(17(20-11)12-4-6-18-7-5-12)13-2-3-14-15(8-13)22-10-21-14/h2-9H,10H2,1H3. The van der Waals surface area contributed by atoms with Gasteiger partial charge in [-0.1, -0.05) is 0 Å². The molecule has 0 radical (unpaired) electrons. The fourth-order valence-corrected chi connectivity index (χ4v) is 2.44. The Kier molecular flexibility index (Phi) is 2.96. The summed E-state index contributed by atoms with van der Waals surface area (Å²) < 4.78 is 10.8. The van der Waals surface area contributed by atoms with E-state index in [0.29, 0.717) is 0 Å². The molecule has 3 aromatic rings. The third-order valence-electron chi connectivity index (χ3n) is 3.49. The van der Waals surface area contributed by atoms with Crippen LogP contribution < -0.4 is 9.47 Å². The lowest BCUT2D eigenvalue weighted by atomic mass is 10.0. The Hall–Kier alpha value is -2.95. The van der Waals surface area contributed by atoms with E-state index < -0.39 is 0 Å². The summed E-state index contributed by atoms with van der Waals surface area (Å²) in [5.74, 6) is 1.50. The summed E-state index contributed by atoms with van der Waals surface area (Å²) in [7, 11) is 0. The molecule has 0 unspecified atom stereocenters. The van der Waals surface area contributed by atoms with Gasteiger partial charge in [-0.15, -0.1) is 0 Å². The quantitative estimate of drug-likeness (QED) is 0.725. The second-order valence-corrected chi connectivity index (χ2v) is 5.01. The number of pyridine rings is 1. The Morgan fingerprint density at radius 1 is 0.909 bits per heavy atom. The van der Waals surface area contributed by atoms with Gasteiger partial charge in [-0.25, -0.2) is 4.98 Å². The van der Waals surface area contributed by atoms with E-state index in [0.717, 1.165) is 39.7 Å². The molecule has 0 saturated heterocycles. The van der Waals surface area contributed by atoms with E-state index in [9.17, 15) is 0 Å². The Morgan fingerprint density at radius 2 is 1.73 bits per heavy atom. The van der Waals surface area contributed by atoms with E-state index in [2.05, 4.69) is 15.0 Å². The van der Waals surface area contributed by atoms with E-state index in [1.54, 1.807) is 18.6 Å². The van der Waals surface area contributed by atoms with Crippen LogP contribution in [0, 0.1) is 6.92 Å². The first-order valence-corrected chi connectivity index (χ1v) is 6.95. The maximum Gasteiger partial charge on any atom is 0.231 e. The second-order valence-electron chi connectivity index (χ2n) is 5.01. The van der Waals surface area contributed by atoms with Crippen molar-refractivity contribution >= 4 is 0 Å². The zero-order chi connectivity index (χ0) is 14.9. The number of rotatable bonds is 2. The molecule has 108 valence electrons. The van der Waals surface area contributed by atoms with E-state index in [1.807, 2.05) is 37.3 Å². The molecular weight excluding hydrogens is 278 g/mol. The van der Waals surface area contributed by atoms with Crippen LogP contribution in [0.3, 0.4) is 0 Å². The lowest BCUT2D eigenvalue weighted by Gasteiger charge is -2.09. The van der Waals surface area contributed by atoms with Gasteiger partial charge in [0.05, 0.1) is 17.1 Å². The van der Waals surface area contributed by atoms with Crippen molar-refractivity contribution in [1.82, 2.24) is 15.0 Å². The molecule has 0 amide bonds. The molecule has 1 aromatic carbocycles. The molecule has 0 saturated carbocycles. The van der Waals surface area contributed by atoms with Crippen LogP contribution in [0.4, 0.5) is 0 Å². The zero-order valence-corrected chi connectivity index (χ0v) is 12.0. The average molecular weight is 291 g/mol. The summed E-state index contributed by atoms with van der Waals surface area (Å²) in [6.45, 7) is 2.19. The predicted octanol–water partition coefficient (Wildman–Crippen LogP) is 3.24. The maximum absolute atomic E-state index is 5.45. The summed E-state index contributed by atoms with van der Waals surface area (Å²) in [6, 6.07) is 9.67. The smallest absolute Gasteiger partial charge is 0.231 e. The number of fused-ring (bicyclic) bond motifs is 1. The highest BCUT2D eigenvalue weighted by atomic mass is 16.7. The first-order valence-electron chi connectivity index (χ1n) is 6.95. The molecule has 3 heterocycles. The number of aryl methyl sites for hydroxylation is 1. The number of hydrogen-bond acceptors (Lipinski definition) is 5. The number of aromatic nitrogens is 3. The molecule has 0 fully saturated rings. The molecule has 4 rings (SSSR count). The lowest BCUT2D eigenvalue weighted by molar-refractivity contribution is 0.174. The van der Waals surface area contributed by atoms with E-state index in [-0.39, 0.29) is 6.79 Å². The molecule has 1 aliphatic rings. The van der Waals surface area contributed by atoms with Crippen LogP contribution in [0.5, 0.6) is 11.5 Å². The molecule has 0 bridgehead atoms. The Labute approximate surface area is 127 Å². The zero-order valence-electron chi connectivity index (χ0n) is 12.0. The highest BCUT2D eigenvalue weighted by Crippen LogP contribution is 2.37. The molecule has 0 aliphatic carbocycles. The van der Waals surface area contributed by atoms with Gasteiger partial charge < -0.3 is 9.47 Å². The van der Waals surface area contributed by atoms with Gasteiger partial charge >= 0.3 is 0 Å². The molecule has 0 spiro atoms. The van der Waals surface area contributed by atoms with Gasteiger partial charge in [-0.2, -0.15) is 0 Å². The number of hydrogen-bond donors (Lipinski definition) is 0. The highest BCUT2D eigenvalue weighted by Gasteiger charge is 2.17. The first-order chi connectivity index (χ1) is 10.8. The van der Waals surface area contributed by atoms with Crippen molar-refractivity contribution in [3.05, 3.63) is 54.6 Å².